The number of aryl methyl sites for hydroxylation is 1. The second-order valence-corrected chi connectivity index (χ2v) is 9.98. The summed E-state index contributed by atoms with van der Waals surface area (Å²) in [5.74, 6) is -0.208. The quantitative estimate of drug-likeness (QED) is 0.414. The van der Waals surface area contributed by atoms with Crippen LogP contribution >= 0.6 is 11.6 Å². The largest absolute Gasteiger partial charge is 0.381 e. The minimum Gasteiger partial charge on any atom is -0.381 e. The molecule has 0 saturated heterocycles. The van der Waals surface area contributed by atoms with Crippen LogP contribution in [0.15, 0.2) is 58.5 Å². The molecule has 0 spiro atoms. The Kier molecular flexibility index (Phi) is 6.62. The van der Waals surface area contributed by atoms with E-state index in [-0.39, 0.29) is 23.1 Å². The lowest BCUT2D eigenvalue weighted by molar-refractivity contribution is 0.298. The van der Waals surface area contributed by atoms with Gasteiger partial charge in [0.1, 0.15) is 5.82 Å². The molecule has 0 radical (unpaired) electrons. The number of nitrogens with zero attached hydrogens (tertiary/aromatic N) is 4. The maximum absolute atomic E-state index is 15.0. The molecule has 1 unspecified atom stereocenters. The SMILES string of the molecule is Cc1c(N[C@H]2CCCC(Cn3ccc4cc(-c5ccc(Cl)cn5)c(F)cc4c3=O)C2)cnn(C)c1=O. The first-order chi connectivity index (χ1) is 17.3. The Bertz CT molecular complexity index is 1550. The standard InChI is InChI=1S/C27H27ClFN5O2/c1-16-25(14-31-33(2)26(16)35)32-20-5-3-4-17(10-20)15-34-9-8-18-11-22(23(29)12-21(18)27(34)36)24-7-6-19(28)13-30-24/h6-9,11-14,17,20,32H,3-5,10,15H2,1-2H3/t17?,20-/m0/s1. The highest BCUT2D eigenvalue weighted by molar-refractivity contribution is 6.30. The predicted octanol–water partition coefficient (Wildman–Crippen LogP) is 4.93. The second-order valence-electron chi connectivity index (χ2n) is 9.54. The zero-order chi connectivity index (χ0) is 25.4. The van der Waals surface area contributed by atoms with Gasteiger partial charge in [-0.15, -0.1) is 0 Å². The van der Waals surface area contributed by atoms with Crippen molar-refractivity contribution in [3.05, 3.63) is 86.0 Å². The third-order valence-corrected chi connectivity index (χ3v) is 7.27. The molecule has 2 atom stereocenters. The van der Waals surface area contributed by atoms with Crippen LogP contribution in [0.4, 0.5) is 10.1 Å². The van der Waals surface area contributed by atoms with Gasteiger partial charge in [-0.1, -0.05) is 18.0 Å². The summed E-state index contributed by atoms with van der Waals surface area (Å²) < 4.78 is 18.0. The van der Waals surface area contributed by atoms with Gasteiger partial charge in [0, 0.05) is 43.2 Å². The minimum absolute atomic E-state index is 0.114. The lowest BCUT2D eigenvalue weighted by atomic mass is 9.85. The second kappa shape index (κ2) is 9.85. The molecule has 7 nitrogen and oxygen atoms in total. The zero-order valence-electron chi connectivity index (χ0n) is 20.2. The van der Waals surface area contributed by atoms with Gasteiger partial charge in [-0.3, -0.25) is 14.6 Å². The first-order valence-electron chi connectivity index (χ1n) is 12.0. The number of fused-ring (bicyclic) bond motifs is 1. The summed E-state index contributed by atoms with van der Waals surface area (Å²) in [6, 6.07) is 8.33. The highest BCUT2D eigenvalue weighted by atomic mass is 35.5. The zero-order valence-corrected chi connectivity index (χ0v) is 20.9. The summed E-state index contributed by atoms with van der Waals surface area (Å²) in [5.41, 5.74) is 1.88. The van der Waals surface area contributed by atoms with Crippen molar-refractivity contribution in [1.82, 2.24) is 19.3 Å². The fraction of sp³-hybridized carbons (Fsp3) is 0.333. The number of aromatic nitrogens is 4. The molecular formula is C27H27ClFN5O2. The maximum atomic E-state index is 15.0. The Labute approximate surface area is 212 Å². The van der Waals surface area contributed by atoms with Gasteiger partial charge >= 0.3 is 0 Å². The van der Waals surface area contributed by atoms with Crippen LogP contribution in [0.3, 0.4) is 0 Å². The number of hydrogen-bond acceptors (Lipinski definition) is 5. The Morgan fingerprint density at radius 2 is 1.97 bits per heavy atom. The monoisotopic (exact) mass is 507 g/mol. The third-order valence-electron chi connectivity index (χ3n) is 7.04. The number of benzene rings is 1. The van der Waals surface area contributed by atoms with Gasteiger partial charge in [0.2, 0.25) is 0 Å². The predicted molar refractivity (Wildman–Crippen MR) is 140 cm³/mol. The van der Waals surface area contributed by atoms with Gasteiger partial charge < -0.3 is 9.88 Å². The molecule has 3 aromatic heterocycles. The molecular weight excluding hydrogens is 481 g/mol. The smallest absolute Gasteiger partial charge is 0.271 e. The Hall–Kier alpha value is -3.52. The number of hydrogen-bond donors (Lipinski definition) is 1. The molecule has 1 aliphatic rings. The van der Waals surface area contributed by atoms with E-state index >= 15 is 0 Å². The van der Waals surface area contributed by atoms with E-state index in [2.05, 4.69) is 15.4 Å². The molecule has 36 heavy (non-hydrogen) atoms. The highest BCUT2D eigenvalue weighted by Gasteiger charge is 2.24. The van der Waals surface area contributed by atoms with Crippen LogP contribution in [0.1, 0.15) is 31.2 Å². The number of pyridine rings is 2. The van der Waals surface area contributed by atoms with E-state index in [9.17, 15) is 14.0 Å². The summed E-state index contributed by atoms with van der Waals surface area (Å²) >= 11 is 5.90. The van der Waals surface area contributed by atoms with Crippen molar-refractivity contribution < 1.29 is 4.39 Å². The van der Waals surface area contributed by atoms with Crippen LogP contribution in [-0.4, -0.2) is 25.4 Å². The van der Waals surface area contributed by atoms with Crippen LogP contribution in [0, 0.1) is 18.7 Å². The van der Waals surface area contributed by atoms with Crippen molar-refractivity contribution in [2.24, 2.45) is 13.0 Å². The average molecular weight is 508 g/mol. The fourth-order valence-corrected chi connectivity index (χ4v) is 5.18. The van der Waals surface area contributed by atoms with Gasteiger partial charge in [0.05, 0.1) is 28.0 Å². The fourth-order valence-electron chi connectivity index (χ4n) is 5.06. The Morgan fingerprint density at radius 3 is 2.75 bits per heavy atom. The number of nitrogens with one attached hydrogen (secondary N) is 1. The van der Waals surface area contributed by atoms with Crippen LogP contribution in [0.25, 0.3) is 22.0 Å². The van der Waals surface area contributed by atoms with E-state index < -0.39 is 5.82 Å². The molecule has 4 aromatic rings. The topological polar surface area (TPSA) is 81.8 Å². The van der Waals surface area contributed by atoms with Gasteiger partial charge in [0.15, 0.2) is 0 Å². The lowest BCUT2D eigenvalue weighted by Gasteiger charge is -2.31. The summed E-state index contributed by atoms with van der Waals surface area (Å²) in [7, 11) is 1.64. The molecule has 1 fully saturated rings. The summed E-state index contributed by atoms with van der Waals surface area (Å²) in [6.07, 6.45) is 8.84. The lowest BCUT2D eigenvalue weighted by Crippen LogP contribution is -2.33. The molecule has 0 amide bonds. The van der Waals surface area contributed by atoms with E-state index in [4.69, 9.17) is 11.6 Å². The van der Waals surface area contributed by atoms with Crippen LogP contribution in [-0.2, 0) is 13.6 Å². The van der Waals surface area contributed by atoms with E-state index in [1.54, 1.807) is 49.1 Å². The molecule has 1 aromatic carbocycles. The summed E-state index contributed by atoms with van der Waals surface area (Å²) in [6.45, 7) is 2.36. The molecule has 1 N–H and O–H groups in total. The number of rotatable bonds is 5. The average Bonchev–Trinajstić information content (AvgIpc) is 2.87. The van der Waals surface area contributed by atoms with Crippen LogP contribution in [0.5, 0.6) is 0 Å². The Morgan fingerprint density at radius 1 is 1.14 bits per heavy atom. The maximum Gasteiger partial charge on any atom is 0.271 e. The first-order valence-corrected chi connectivity index (χ1v) is 12.4. The van der Waals surface area contributed by atoms with Crippen molar-refractivity contribution in [1.29, 1.82) is 0 Å². The van der Waals surface area contributed by atoms with E-state index in [0.29, 0.717) is 39.2 Å². The third kappa shape index (κ3) is 4.78. The van der Waals surface area contributed by atoms with Crippen molar-refractivity contribution in [3.63, 3.8) is 0 Å². The molecule has 1 saturated carbocycles. The molecule has 9 heteroatoms. The molecule has 1 aliphatic carbocycles. The van der Waals surface area contributed by atoms with Gasteiger partial charge in [-0.05, 0) is 67.8 Å². The van der Waals surface area contributed by atoms with Crippen molar-refractivity contribution >= 4 is 28.1 Å². The summed E-state index contributed by atoms with van der Waals surface area (Å²) in [4.78, 5) is 29.6. The van der Waals surface area contributed by atoms with Crippen molar-refractivity contribution in [2.45, 2.75) is 45.2 Å². The van der Waals surface area contributed by atoms with Gasteiger partial charge in [-0.25, -0.2) is 9.07 Å². The normalized spacial score (nSPS) is 17.9. The summed E-state index contributed by atoms with van der Waals surface area (Å²) in [5, 5.41) is 9.10. The van der Waals surface area contributed by atoms with Crippen molar-refractivity contribution in [3.8, 4) is 11.3 Å². The molecule has 0 aliphatic heterocycles. The van der Waals surface area contributed by atoms with Gasteiger partial charge in [-0.2, -0.15) is 5.10 Å². The number of anilines is 1. The highest BCUT2D eigenvalue weighted by Crippen LogP contribution is 2.29. The van der Waals surface area contributed by atoms with Crippen LogP contribution in [0.2, 0.25) is 5.02 Å². The molecule has 5 rings (SSSR count). The molecule has 186 valence electrons. The first kappa shape index (κ1) is 24.2. The van der Waals surface area contributed by atoms with Crippen molar-refractivity contribution in [2.75, 3.05) is 5.32 Å². The Balaban J connectivity index is 1.35. The molecule has 0 bridgehead atoms. The number of halogens is 2. The minimum atomic E-state index is -0.493. The van der Waals surface area contributed by atoms with Gasteiger partial charge in [0.25, 0.3) is 11.1 Å². The van der Waals surface area contributed by atoms with Crippen LogP contribution < -0.4 is 16.4 Å². The van der Waals surface area contributed by atoms with E-state index in [0.717, 1.165) is 31.4 Å². The van der Waals surface area contributed by atoms with E-state index in [1.807, 2.05) is 6.07 Å². The molecule has 3 heterocycles. The van der Waals surface area contributed by atoms with E-state index in [1.165, 1.54) is 16.9 Å².